The normalized spacial score (nSPS) is 21.4. The average Bonchev–Trinajstić information content (AvgIpc) is 3.38. The molecule has 6 rings (SSSR count). The van der Waals surface area contributed by atoms with E-state index in [-0.39, 0.29) is 5.56 Å². The predicted octanol–water partition coefficient (Wildman–Crippen LogP) is 3.04. The highest BCUT2D eigenvalue weighted by molar-refractivity contribution is 5.52. The minimum Gasteiger partial charge on any atom is -0.403 e. The van der Waals surface area contributed by atoms with Gasteiger partial charge in [0.1, 0.15) is 0 Å². The Hall–Kier alpha value is -3.96. The third-order valence-electron chi connectivity index (χ3n) is 6.24. The molecule has 4 aromatic rings. The van der Waals surface area contributed by atoms with Gasteiger partial charge >= 0.3 is 6.01 Å². The summed E-state index contributed by atoms with van der Waals surface area (Å²) in [5.74, 6) is 2.29. The first-order chi connectivity index (χ1) is 16.2. The number of piperidine rings is 1. The number of alkyl halides is 2. The number of hydrogen-bond donors (Lipinski definition) is 2. The lowest BCUT2D eigenvalue weighted by atomic mass is 10.1. The highest BCUT2D eigenvalue weighted by atomic mass is 19.3. The Labute approximate surface area is 186 Å². The van der Waals surface area contributed by atoms with Gasteiger partial charge in [0.15, 0.2) is 0 Å². The summed E-state index contributed by atoms with van der Waals surface area (Å²) in [4.78, 5) is 10.7. The van der Waals surface area contributed by atoms with Crippen LogP contribution in [0.5, 0.6) is 0 Å². The van der Waals surface area contributed by atoms with E-state index in [2.05, 4.69) is 45.8 Å². The van der Waals surface area contributed by atoms with E-state index in [1.54, 1.807) is 30.7 Å². The van der Waals surface area contributed by atoms with E-state index in [4.69, 9.17) is 4.42 Å². The number of nitrogens with zero attached hydrogens (tertiary/aromatic N) is 7. The molecule has 4 heterocycles. The molecule has 33 heavy (non-hydrogen) atoms. The maximum Gasteiger partial charge on any atom is 0.318 e. The van der Waals surface area contributed by atoms with Gasteiger partial charge in [-0.1, -0.05) is 29.4 Å². The van der Waals surface area contributed by atoms with Crippen LogP contribution in [0.1, 0.15) is 29.2 Å². The van der Waals surface area contributed by atoms with Crippen LogP contribution in [-0.4, -0.2) is 48.7 Å². The lowest BCUT2D eigenvalue weighted by molar-refractivity contribution is 0.151. The minimum atomic E-state index is -2.47. The van der Waals surface area contributed by atoms with Crippen LogP contribution < -0.4 is 10.2 Å². The second kappa shape index (κ2) is 7.87. The third-order valence-corrected chi connectivity index (χ3v) is 6.24. The number of anilines is 2. The molecule has 168 valence electrons. The lowest BCUT2D eigenvalue weighted by Crippen LogP contribution is -2.23. The Kier molecular flexibility index (Phi) is 4.70. The third kappa shape index (κ3) is 3.77. The molecule has 1 saturated carbocycles. The van der Waals surface area contributed by atoms with Gasteiger partial charge < -0.3 is 14.6 Å². The molecule has 1 saturated heterocycles. The van der Waals surface area contributed by atoms with Gasteiger partial charge in [-0.05, 0) is 17.4 Å². The summed E-state index contributed by atoms with van der Waals surface area (Å²) < 4.78 is 31.1. The fourth-order valence-electron chi connectivity index (χ4n) is 4.44. The van der Waals surface area contributed by atoms with Crippen LogP contribution in [0.15, 0.2) is 47.3 Å². The monoisotopic (exact) mass is 451 g/mol. The molecule has 1 aliphatic carbocycles. The Morgan fingerprint density at radius 3 is 2.48 bits per heavy atom. The summed E-state index contributed by atoms with van der Waals surface area (Å²) in [7, 11) is 0. The van der Waals surface area contributed by atoms with Gasteiger partial charge in [-0.2, -0.15) is 15.4 Å². The number of nitrogens with one attached hydrogen (secondary N) is 2. The molecule has 1 aliphatic heterocycles. The number of benzene rings is 1. The Balaban J connectivity index is 1.05. The first-order valence-electron chi connectivity index (χ1n) is 10.5. The molecule has 3 aromatic heterocycles. The van der Waals surface area contributed by atoms with E-state index in [1.165, 1.54) is 12.1 Å². The standard InChI is InChI=1S/C21H19F2N9O/c22-18(23)12-3-1-11(2-4-12)5-24-20-25-6-13(7-26-20)19-29-30-21(33-19)32-9-14-15(10-32)17(14)16-8-27-31-28-16/h1-4,6-8,14-15,17-18H,5,9-10H2,(H,24,25,26)(H,27,28,31)/t14-,15+,17?. The molecule has 3 atom stereocenters. The summed E-state index contributed by atoms with van der Waals surface area (Å²) in [6, 6.07) is 6.62. The molecule has 0 bridgehead atoms. The van der Waals surface area contributed by atoms with Crippen molar-refractivity contribution in [3.05, 3.63) is 59.7 Å². The highest BCUT2D eigenvalue weighted by Crippen LogP contribution is 2.58. The summed E-state index contributed by atoms with van der Waals surface area (Å²) in [5, 5.41) is 22.2. The summed E-state index contributed by atoms with van der Waals surface area (Å²) in [6.45, 7) is 2.11. The Morgan fingerprint density at radius 2 is 1.82 bits per heavy atom. The lowest BCUT2D eigenvalue weighted by Gasteiger charge is -2.15. The first kappa shape index (κ1) is 19.7. The maximum absolute atomic E-state index is 12.6. The van der Waals surface area contributed by atoms with Gasteiger partial charge in [-0.3, -0.25) is 0 Å². The van der Waals surface area contributed by atoms with Crippen molar-refractivity contribution in [2.45, 2.75) is 18.9 Å². The van der Waals surface area contributed by atoms with E-state index in [0.717, 1.165) is 24.3 Å². The fraction of sp³-hybridized carbons (Fsp3) is 0.333. The second-order valence-corrected chi connectivity index (χ2v) is 8.23. The van der Waals surface area contributed by atoms with Crippen LogP contribution in [0.4, 0.5) is 20.7 Å². The van der Waals surface area contributed by atoms with Gasteiger partial charge in [0.2, 0.25) is 5.95 Å². The van der Waals surface area contributed by atoms with Gasteiger partial charge in [0.25, 0.3) is 12.3 Å². The van der Waals surface area contributed by atoms with Crippen LogP contribution in [0, 0.1) is 11.8 Å². The molecule has 2 aliphatic rings. The molecular formula is C21H19F2N9O. The van der Waals surface area contributed by atoms with Crippen molar-refractivity contribution in [3.63, 3.8) is 0 Å². The number of hydrogen-bond acceptors (Lipinski definition) is 9. The largest absolute Gasteiger partial charge is 0.403 e. The molecule has 10 nitrogen and oxygen atoms in total. The molecule has 0 spiro atoms. The van der Waals surface area contributed by atoms with Crippen LogP contribution in [0.2, 0.25) is 0 Å². The smallest absolute Gasteiger partial charge is 0.318 e. The molecule has 12 heteroatoms. The molecule has 1 aromatic carbocycles. The number of rotatable bonds is 7. The zero-order valence-electron chi connectivity index (χ0n) is 17.3. The van der Waals surface area contributed by atoms with Crippen molar-refractivity contribution in [2.75, 3.05) is 23.3 Å². The molecule has 2 fully saturated rings. The average molecular weight is 451 g/mol. The van der Waals surface area contributed by atoms with E-state index in [9.17, 15) is 8.78 Å². The van der Waals surface area contributed by atoms with Crippen molar-refractivity contribution in [1.29, 1.82) is 0 Å². The quantitative estimate of drug-likeness (QED) is 0.437. The minimum absolute atomic E-state index is 0.000902. The zero-order valence-corrected chi connectivity index (χ0v) is 17.3. The molecule has 0 radical (unpaired) electrons. The summed E-state index contributed by atoms with van der Waals surface area (Å²) >= 11 is 0. The topological polar surface area (TPSA) is 122 Å². The Bertz CT molecular complexity index is 1220. The highest BCUT2D eigenvalue weighted by Gasteiger charge is 2.58. The van der Waals surface area contributed by atoms with Crippen LogP contribution in [0.3, 0.4) is 0 Å². The second-order valence-electron chi connectivity index (χ2n) is 8.23. The number of fused-ring (bicyclic) bond motifs is 1. The van der Waals surface area contributed by atoms with E-state index >= 15 is 0 Å². The van der Waals surface area contributed by atoms with Crippen molar-refractivity contribution in [2.24, 2.45) is 11.8 Å². The van der Waals surface area contributed by atoms with Crippen molar-refractivity contribution >= 4 is 12.0 Å². The molecular weight excluding hydrogens is 432 g/mol. The van der Waals surface area contributed by atoms with Crippen molar-refractivity contribution in [3.8, 4) is 11.5 Å². The summed E-state index contributed by atoms with van der Waals surface area (Å²) in [5.41, 5.74) is 2.49. The van der Waals surface area contributed by atoms with Gasteiger partial charge in [-0.15, -0.1) is 5.10 Å². The zero-order chi connectivity index (χ0) is 22.4. The van der Waals surface area contributed by atoms with Crippen LogP contribution in [0.25, 0.3) is 11.5 Å². The predicted molar refractivity (Wildman–Crippen MR) is 112 cm³/mol. The van der Waals surface area contributed by atoms with E-state index in [0.29, 0.717) is 47.7 Å². The van der Waals surface area contributed by atoms with Crippen LogP contribution >= 0.6 is 0 Å². The van der Waals surface area contributed by atoms with Crippen molar-refractivity contribution < 1.29 is 13.2 Å². The summed E-state index contributed by atoms with van der Waals surface area (Å²) in [6.07, 6.45) is 2.53. The van der Waals surface area contributed by atoms with Crippen molar-refractivity contribution in [1.82, 2.24) is 35.6 Å². The number of aromatic nitrogens is 7. The molecule has 1 unspecified atom stereocenters. The number of H-pyrrole nitrogens is 1. The fourth-order valence-corrected chi connectivity index (χ4v) is 4.44. The number of aromatic amines is 1. The SMILES string of the molecule is FC(F)c1ccc(CNc2ncc(-c3nnc(N4C[C@@H]5C(c6cn[nH]n6)[C@@H]5C4)o3)cn2)cc1. The molecule has 0 amide bonds. The Morgan fingerprint density at radius 1 is 1.06 bits per heavy atom. The number of halogens is 2. The van der Waals surface area contributed by atoms with Crippen LogP contribution in [-0.2, 0) is 6.54 Å². The van der Waals surface area contributed by atoms with Gasteiger partial charge in [-0.25, -0.2) is 18.7 Å². The molecule has 2 N–H and O–H groups in total. The van der Waals surface area contributed by atoms with Gasteiger partial charge in [0.05, 0.1) is 17.5 Å². The van der Waals surface area contributed by atoms with Gasteiger partial charge in [0, 0.05) is 43.5 Å². The first-order valence-corrected chi connectivity index (χ1v) is 10.5. The van der Waals surface area contributed by atoms with E-state index in [1.807, 2.05) is 0 Å². The van der Waals surface area contributed by atoms with E-state index < -0.39 is 6.43 Å². The maximum atomic E-state index is 12.6.